The third-order valence-electron chi connectivity index (χ3n) is 5.07. The molecular formula is C20H23ClN6O. The molecule has 1 saturated heterocycles. The third-order valence-corrected chi connectivity index (χ3v) is 5.31. The van der Waals surface area contributed by atoms with Crippen LogP contribution in [0, 0.1) is 5.92 Å². The predicted molar refractivity (Wildman–Crippen MR) is 110 cm³/mol. The Bertz CT molecular complexity index is 993. The van der Waals surface area contributed by atoms with Gasteiger partial charge in [-0.25, -0.2) is 0 Å². The van der Waals surface area contributed by atoms with Crippen LogP contribution in [0.25, 0.3) is 5.65 Å². The standard InChI is InChI=1S/C20H23ClN6O/c1-13(2)19-24-23-17-6-7-18(25-27(17)19)26-10-8-14(9-11-26)20(28)22-16-5-3-4-15(21)12-16/h3-7,12-14H,8-11H2,1-2H3,(H,22,28). The Hall–Kier alpha value is -2.67. The van der Waals surface area contributed by atoms with Gasteiger partial charge in [0.2, 0.25) is 5.91 Å². The second-order valence-electron chi connectivity index (χ2n) is 7.44. The van der Waals surface area contributed by atoms with Crippen LogP contribution in [0.15, 0.2) is 36.4 Å². The smallest absolute Gasteiger partial charge is 0.227 e. The van der Waals surface area contributed by atoms with Crippen molar-refractivity contribution in [2.45, 2.75) is 32.6 Å². The van der Waals surface area contributed by atoms with Crippen LogP contribution in [0.3, 0.4) is 0 Å². The van der Waals surface area contributed by atoms with Crippen LogP contribution < -0.4 is 10.2 Å². The molecule has 0 unspecified atom stereocenters. The van der Waals surface area contributed by atoms with E-state index in [2.05, 4.69) is 34.3 Å². The Labute approximate surface area is 168 Å². The van der Waals surface area contributed by atoms with Crippen LogP contribution in [0.1, 0.15) is 38.4 Å². The van der Waals surface area contributed by atoms with Gasteiger partial charge >= 0.3 is 0 Å². The summed E-state index contributed by atoms with van der Waals surface area (Å²) in [6, 6.07) is 11.2. The molecule has 0 radical (unpaired) electrons. The van der Waals surface area contributed by atoms with Crippen LogP contribution in [0.2, 0.25) is 5.02 Å². The Morgan fingerprint density at radius 2 is 1.96 bits per heavy atom. The van der Waals surface area contributed by atoms with Gasteiger partial charge in [-0.3, -0.25) is 4.79 Å². The number of hydrogen-bond acceptors (Lipinski definition) is 5. The Balaban J connectivity index is 1.42. The van der Waals surface area contributed by atoms with Crippen LogP contribution in [0.4, 0.5) is 11.5 Å². The summed E-state index contributed by atoms with van der Waals surface area (Å²) < 4.78 is 1.82. The molecule has 2 aromatic heterocycles. The van der Waals surface area contributed by atoms with E-state index in [1.807, 2.05) is 28.8 Å². The van der Waals surface area contributed by atoms with Crippen molar-refractivity contribution < 1.29 is 4.79 Å². The summed E-state index contributed by atoms with van der Waals surface area (Å²) in [4.78, 5) is 14.8. The highest BCUT2D eigenvalue weighted by Gasteiger charge is 2.26. The fraction of sp³-hybridized carbons (Fsp3) is 0.400. The van der Waals surface area contributed by atoms with Crippen molar-refractivity contribution in [2.24, 2.45) is 5.92 Å². The molecule has 1 aliphatic heterocycles. The number of piperidine rings is 1. The lowest BCUT2D eigenvalue weighted by molar-refractivity contribution is -0.120. The van der Waals surface area contributed by atoms with Gasteiger partial charge in [0.25, 0.3) is 0 Å². The summed E-state index contributed by atoms with van der Waals surface area (Å²) in [5.74, 6) is 2.03. The molecule has 7 nitrogen and oxygen atoms in total. The highest BCUT2D eigenvalue weighted by atomic mass is 35.5. The summed E-state index contributed by atoms with van der Waals surface area (Å²) >= 11 is 5.99. The Kier molecular flexibility index (Phi) is 5.17. The van der Waals surface area contributed by atoms with E-state index in [0.717, 1.165) is 48.9 Å². The highest BCUT2D eigenvalue weighted by Crippen LogP contribution is 2.24. The number of anilines is 2. The van der Waals surface area contributed by atoms with Gasteiger partial charge in [0.15, 0.2) is 11.5 Å². The number of nitrogens with one attached hydrogen (secondary N) is 1. The average molecular weight is 399 g/mol. The fourth-order valence-electron chi connectivity index (χ4n) is 3.51. The molecular weight excluding hydrogens is 376 g/mol. The second kappa shape index (κ2) is 7.75. The maximum Gasteiger partial charge on any atom is 0.227 e. The molecule has 146 valence electrons. The van der Waals surface area contributed by atoms with E-state index in [1.54, 1.807) is 12.1 Å². The lowest BCUT2D eigenvalue weighted by Crippen LogP contribution is -2.38. The van der Waals surface area contributed by atoms with E-state index in [-0.39, 0.29) is 17.7 Å². The molecule has 1 aliphatic rings. The van der Waals surface area contributed by atoms with Crippen molar-refractivity contribution in [3.8, 4) is 0 Å². The van der Waals surface area contributed by atoms with E-state index in [0.29, 0.717) is 5.02 Å². The fourth-order valence-corrected chi connectivity index (χ4v) is 3.70. The number of amides is 1. The molecule has 28 heavy (non-hydrogen) atoms. The summed E-state index contributed by atoms with van der Waals surface area (Å²) in [6.45, 7) is 5.72. The lowest BCUT2D eigenvalue weighted by atomic mass is 9.96. The molecule has 1 N–H and O–H groups in total. The van der Waals surface area contributed by atoms with E-state index in [1.165, 1.54) is 0 Å². The zero-order chi connectivity index (χ0) is 19.7. The summed E-state index contributed by atoms with van der Waals surface area (Å²) in [6.07, 6.45) is 1.57. The van der Waals surface area contributed by atoms with Crippen molar-refractivity contribution in [1.82, 2.24) is 19.8 Å². The van der Waals surface area contributed by atoms with Crippen LogP contribution >= 0.6 is 11.6 Å². The maximum absolute atomic E-state index is 12.6. The van der Waals surface area contributed by atoms with Gasteiger partial charge in [-0.2, -0.15) is 4.52 Å². The minimum atomic E-state index is -0.0138. The minimum absolute atomic E-state index is 0.0138. The highest BCUT2D eigenvalue weighted by molar-refractivity contribution is 6.30. The number of carbonyl (C=O) groups is 1. The van der Waals surface area contributed by atoms with E-state index >= 15 is 0 Å². The molecule has 3 aromatic rings. The van der Waals surface area contributed by atoms with Crippen molar-refractivity contribution in [1.29, 1.82) is 0 Å². The minimum Gasteiger partial charge on any atom is -0.355 e. The van der Waals surface area contributed by atoms with E-state index in [9.17, 15) is 4.79 Å². The number of benzene rings is 1. The number of fused-ring (bicyclic) bond motifs is 1. The van der Waals surface area contributed by atoms with Crippen molar-refractivity contribution in [3.63, 3.8) is 0 Å². The number of aromatic nitrogens is 4. The second-order valence-corrected chi connectivity index (χ2v) is 7.87. The summed E-state index contributed by atoms with van der Waals surface area (Å²) in [5.41, 5.74) is 1.49. The van der Waals surface area contributed by atoms with Crippen LogP contribution in [0.5, 0.6) is 0 Å². The summed E-state index contributed by atoms with van der Waals surface area (Å²) in [5, 5.41) is 16.7. The van der Waals surface area contributed by atoms with Gasteiger partial charge in [0.05, 0.1) is 0 Å². The Morgan fingerprint density at radius 3 is 2.68 bits per heavy atom. The lowest BCUT2D eigenvalue weighted by Gasteiger charge is -2.32. The first-order valence-electron chi connectivity index (χ1n) is 9.55. The average Bonchev–Trinajstić information content (AvgIpc) is 3.11. The largest absolute Gasteiger partial charge is 0.355 e. The van der Waals surface area contributed by atoms with Gasteiger partial charge < -0.3 is 10.2 Å². The van der Waals surface area contributed by atoms with Crippen LogP contribution in [-0.4, -0.2) is 38.8 Å². The van der Waals surface area contributed by atoms with Gasteiger partial charge in [-0.1, -0.05) is 31.5 Å². The van der Waals surface area contributed by atoms with Crippen molar-refractivity contribution in [2.75, 3.05) is 23.3 Å². The zero-order valence-corrected chi connectivity index (χ0v) is 16.7. The first kappa shape index (κ1) is 18.7. The SMILES string of the molecule is CC(C)c1nnc2ccc(N3CCC(C(=O)Nc4cccc(Cl)c4)CC3)nn12. The zero-order valence-electron chi connectivity index (χ0n) is 16.0. The molecule has 1 fully saturated rings. The molecule has 8 heteroatoms. The van der Waals surface area contributed by atoms with Gasteiger partial charge in [-0.05, 0) is 43.2 Å². The number of nitrogens with zero attached hydrogens (tertiary/aromatic N) is 5. The molecule has 1 amide bonds. The van der Waals surface area contributed by atoms with Gasteiger partial charge in [0.1, 0.15) is 5.82 Å². The first-order valence-corrected chi connectivity index (χ1v) is 9.93. The molecule has 4 rings (SSSR count). The molecule has 0 saturated carbocycles. The van der Waals surface area contributed by atoms with Gasteiger partial charge in [-0.15, -0.1) is 15.3 Å². The molecule has 0 bridgehead atoms. The van der Waals surface area contributed by atoms with Gasteiger partial charge in [0, 0.05) is 35.6 Å². The first-order chi connectivity index (χ1) is 13.5. The number of rotatable bonds is 4. The molecule has 1 aromatic carbocycles. The molecule has 0 atom stereocenters. The predicted octanol–water partition coefficient (Wildman–Crippen LogP) is 3.76. The monoisotopic (exact) mass is 398 g/mol. The topological polar surface area (TPSA) is 75.4 Å². The molecule has 0 aliphatic carbocycles. The van der Waals surface area contributed by atoms with Crippen molar-refractivity contribution in [3.05, 3.63) is 47.2 Å². The number of hydrogen-bond donors (Lipinski definition) is 1. The number of halogens is 1. The van der Waals surface area contributed by atoms with Crippen molar-refractivity contribution >= 4 is 34.7 Å². The normalized spacial score (nSPS) is 15.4. The molecule has 3 heterocycles. The van der Waals surface area contributed by atoms with Crippen LogP contribution in [-0.2, 0) is 4.79 Å². The molecule has 0 spiro atoms. The maximum atomic E-state index is 12.6. The van der Waals surface area contributed by atoms with E-state index in [4.69, 9.17) is 16.7 Å². The van der Waals surface area contributed by atoms with E-state index < -0.39 is 0 Å². The quantitative estimate of drug-likeness (QED) is 0.724. The summed E-state index contributed by atoms with van der Waals surface area (Å²) in [7, 11) is 0. The third kappa shape index (κ3) is 3.80. The number of carbonyl (C=O) groups excluding carboxylic acids is 1. The Morgan fingerprint density at radius 1 is 1.18 bits per heavy atom.